The van der Waals surface area contributed by atoms with Gasteiger partial charge in [0.25, 0.3) is 5.91 Å². The molecule has 3 heterocycles. The van der Waals surface area contributed by atoms with E-state index in [0.29, 0.717) is 37.4 Å². The lowest BCUT2D eigenvalue weighted by molar-refractivity contribution is -0.0359. The molecule has 3 rings (SSSR count). The van der Waals surface area contributed by atoms with Crippen LogP contribution in [0.2, 0.25) is 0 Å². The second kappa shape index (κ2) is 7.12. The van der Waals surface area contributed by atoms with E-state index in [1.807, 2.05) is 0 Å². The molecular weight excluding hydrogens is 312 g/mol. The highest BCUT2D eigenvalue weighted by molar-refractivity contribution is 5.91. The summed E-state index contributed by atoms with van der Waals surface area (Å²) in [5.41, 5.74) is 0.834. The van der Waals surface area contributed by atoms with Crippen molar-refractivity contribution in [3.05, 3.63) is 29.3 Å². The van der Waals surface area contributed by atoms with Crippen LogP contribution in [0.25, 0.3) is 0 Å². The molecule has 1 fully saturated rings. The lowest BCUT2D eigenvalue weighted by Crippen LogP contribution is -2.42. The lowest BCUT2D eigenvalue weighted by Gasteiger charge is -2.30. The number of hydrogen-bond donors (Lipinski definition) is 0. The summed E-state index contributed by atoms with van der Waals surface area (Å²) in [6.45, 7) is 7.17. The van der Waals surface area contributed by atoms with Gasteiger partial charge in [-0.3, -0.25) is 4.79 Å². The molecule has 0 saturated carbocycles. The molecule has 8 nitrogen and oxygen atoms in total. The van der Waals surface area contributed by atoms with Crippen LogP contribution in [0, 0.1) is 6.92 Å². The molecule has 1 aliphatic heterocycles. The van der Waals surface area contributed by atoms with E-state index in [1.165, 1.54) is 0 Å². The average Bonchev–Trinajstić information content (AvgIpc) is 3.25. The highest BCUT2D eigenvalue weighted by Crippen LogP contribution is 2.25. The van der Waals surface area contributed by atoms with Crippen molar-refractivity contribution in [3.8, 4) is 0 Å². The van der Waals surface area contributed by atoms with E-state index in [9.17, 15) is 4.79 Å². The number of carbonyl (C=O) groups excluding carboxylic acids is 1. The number of carbonyl (C=O) groups is 1. The maximum atomic E-state index is 12.7. The summed E-state index contributed by atoms with van der Waals surface area (Å²) < 4.78 is 16.3. The molecule has 1 atom stereocenters. The van der Waals surface area contributed by atoms with Crippen molar-refractivity contribution in [2.45, 2.75) is 45.6 Å². The summed E-state index contributed by atoms with van der Waals surface area (Å²) in [6, 6.07) is 1.75. The number of nitrogens with zero attached hydrogens (tertiary/aromatic N) is 4. The minimum atomic E-state index is -0.412. The smallest absolute Gasteiger partial charge is 0.292 e. The van der Waals surface area contributed by atoms with Gasteiger partial charge in [0.2, 0.25) is 17.5 Å². The van der Waals surface area contributed by atoms with Crippen LogP contribution >= 0.6 is 0 Å². The molecule has 0 aliphatic carbocycles. The van der Waals surface area contributed by atoms with Gasteiger partial charge in [-0.1, -0.05) is 19.0 Å². The van der Waals surface area contributed by atoms with Gasteiger partial charge in [0.05, 0.1) is 18.8 Å². The monoisotopic (exact) mass is 334 g/mol. The maximum Gasteiger partial charge on any atom is 0.292 e. The molecule has 130 valence electrons. The van der Waals surface area contributed by atoms with Crippen LogP contribution in [0.5, 0.6) is 0 Å². The second-order valence-corrected chi connectivity index (χ2v) is 5.90. The fourth-order valence-corrected chi connectivity index (χ4v) is 2.87. The zero-order valence-corrected chi connectivity index (χ0v) is 14.2. The van der Waals surface area contributed by atoms with Gasteiger partial charge >= 0.3 is 0 Å². The second-order valence-electron chi connectivity index (χ2n) is 5.90. The lowest BCUT2D eigenvalue weighted by atomic mass is 9.99. The van der Waals surface area contributed by atoms with Gasteiger partial charge in [-0.2, -0.15) is 0 Å². The molecule has 0 spiro atoms. The SMILES string of the molecule is CCC(CC)c1cc(C(=O)N2CCOC(c3nnc(C)o3)C2)on1. The number of aryl methyl sites for hydroxylation is 1. The van der Waals surface area contributed by atoms with Crippen molar-refractivity contribution in [2.24, 2.45) is 0 Å². The molecule has 1 aliphatic rings. The summed E-state index contributed by atoms with van der Waals surface area (Å²) in [5.74, 6) is 1.25. The van der Waals surface area contributed by atoms with Gasteiger partial charge in [-0.25, -0.2) is 0 Å². The number of aromatic nitrogens is 3. The van der Waals surface area contributed by atoms with Gasteiger partial charge < -0.3 is 18.6 Å². The number of hydrogen-bond acceptors (Lipinski definition) is 7. The molecule has 2 aromatic rings. The van der Waals surface area contributed by atoms with Crippen LogP contribution in [0.15, 0.2) is 15.0 Å². The Morgan fingerprint density at radius 2 is 2.17 bits per heavy atom. The summed E-state index contributed by atoms with van der Waals surface area (Å²) in [5, 5.41) is 11.8. The predicted molar refractivity (Wildman–Crippen MR) is 83.5 cm³/mol. The third kappa shape index (κ3) is 3.33. The Labute approximate surface area is 140 Å². The third-order valence-corrected chi connectivity index (χ3v) is 4.31. The zero-order valence-electron chi connectivity index (χ0n) is 14.2. The number of amides is 1. The standard InChI is InChI=1S/C16H22N4O4/c1-4-11(5-2)12-8-13(24-19-12)16(21)20-6-7-22-14(9-20)15-18-17-10(3)23-15/h8,11,14H,4-7,9H2,1-3H3. The van der Waals surface area contributed by atoms with Crippen LogP contribution in [0.3, 0.4) is 0 Å². The molecule has 0 bridgehead atoms. The molecule has 1 unspecified atom stereocenters. The van der Waals surface area contributed by atoms with Gasteiger partial charge in [0, 0.05) is 25.5 Å². The van der Waals surface area contributed by atoms with Crippen molar-refractivity contribution in [1.29, 1.82) is 0 Å². The first-order valence-electron chi connectivity index (χ1n) is 8.29. The minimum absolute atomic E-state index is 0.191. The highest BCUT2D eigenvalue weighted by atomic mass is 16.5. The zero-order chi connectivity index (χ0) is 17.1. The summed E-state index contributed by atoms with van der Waals surface area (Å²) >= 11 is 0. The van der Waals surface area contributed by atoms with Crippen molar-refractivity contribution in [1.82, 2.24) is 20.3 Å². The minimum Gasteiger partial charge on any atom is -0.423 e. The molecule has 24 heavy (non-hydrogen) atoms. The molecule has 0 aromatic carbocycles. The first-order chi connectivity index (χ1) is 11.6. The maximum absolute atomic E-state index is 12.7. The largest absolute Gasteiger partial charge is 0.423 e. The van der Waals surface area contributed by atoms with Crippen LogP contribution in [-0.2, 0) is 4.74 Å². The van der Waals surface area contributed by atoms with Crippen LogP contribution in [0.4, 0.5) is 0 Å². The number of ether oxygens (including phenoxy) is 1. The summed E-state index contributed by atoms with van der Waals surface area (Å²) in [6.07, 6.45) is 1.52. The first-order valence-corrected chi connectivity index (χ1v) is 8.29. The van der Waals surface area contributed by atoms with Gasteiger partial charge in [-0.05, 0) is 12.8 Å². The van der Waals surface area contributed by atoms with E-state index < -0.39 is 6.10 Å². The molecule has 1 amide bonds. The number of rotatable bonds is 5. The Hall–Kier alpha value is -2.22. The third-order valence-electron chi connectivity index (χ3n) is 4.31. The van der Waals surface area contributed by atoms with Crippen molar-refractivity contribution >= 4 is 5.91 Å². The van der Waals surface area contributed by atoms with E-state index in [2.05, 4.69) is 29.2 Å². The molecule has 1 saturated heterocycles. The fraction of sp³-hybridized carbons (Fsp3) is 0.625. The Bertz CT molecular complexity index is 692. The van der Waals surface area contributed by atoms with E-state index in [1.54, 1.807) is 17.9 Å². The topological polar surface area (TPSA) is 94.5 Å². The van der Waals surface area contributed by atoms with Crippen molar-refractivity contribution in [3.63, 3.8) is 0 Å². The summed E-state index contributed by atoms with van der Waals surface area (Å²) in [7, 11) is 0. The Morgan fingerprint density at radius 1 is 1.38 bits per heavy atom. The summed E-state index contributed by atoms with van der Waals surface area (Å²) in [4.78, 5) is 14.3. The van der Waals surface area contributed by atoms with E-state index in [0.717, 1.165) is 18.5 Å². The van der Waals surface area contributed by atoms with Gasteiger partial charge in [0.15, 0.2) is 6.10 Å². The number of morpholine rings is 1. The van der Waals surface area contributed by atoms with E-state index >= 15 is 0 Å². The predicted octanol–water partition coefficient (Wildman–Crippen LogP) is 2.48. The molecule has 2 aromatic heterocycles. The van der Waals surface area contributed by atoms with E-state index in [-0.39, 0.29) is 11.7 Å². The van der Waals surface area contributed by atoms with Gasteiger partial charge in [-0.15, -0.1) is 10.2 Å². The first kappa shape index (κ1) is 16.6. The molecule has 0 radical (unpaired) electrons. The van der Waals surface area contributed by atoms with E-state index in [4.69, 9.17) is 13.7 Å². The Kier molecular flexibility index (Phi) is 4.94. The molecular formula is C16H22N4O4. The van der Waals surface area contributed by atoms with Crippen LogP contribution < -0.4 is 0 Å². The van der Waals surface area contributed by atoms with Crippen molar-refractivity contribution < 1.29 is 18.5 Å². The molecule has 8 heteroatoms. The quantitative estimate of drug-likeness (QED) is 0.829. The Morgan fingerprint density at radius 3 is 2.83 bits per heavy atom. The van der Waals surface area contributed by atoms with Gasteiger partial charge in [0.1, 0.15) is 0 Å². The highest BCUT2D eigenvalue weighted by Gasteiger charge is 2.31. The van der Waals surface area contributed by atoms with Crippen LogP contribution in [0.1, 0.15) is 66.7 Å². The van der Waals surface area contributed by atoms with Crippen LogP contribution in [-0.4, -0.2) is 45.9 Å². The van der Waals surface area contributed by atoms with Crippen molar-refractivity contribution in [2.75, 3.05) is 19.7 Å². The average molecular weight is 334 g/mol. The fourth-order valence-electron chi connectivity index (χ4n) is 2.87. The normalized spacial score (nSPS) is 18.3. The molecule has 0 N–H and O–H groups in total. The Balaban J connectivity index is 1.70.